The van der Waals surface area contributed by atoms with Crippen molar-refractivity contribution in [2.24, 2.45) is 0 Å². The van der Waals surface area contributed by atoms with E-state index < -0.39 is 5.97 Å². The molecule has 1 aromatic carbocycles. The average molecular weight is 282 g/mol. The van der Waals surface area contributed by atoms with E-state index in [0.29, 0.717) is 15.6 Å². The molecule has 0 atom stereocenters. The normalized spacial score (nSPS) is 10.1. The summed E-state index contributed by atoms with van der Waals surface area (Å²) in [4.78, 5) is 22.7. The van der Waals surface area contributed by atoms with E-state index in [2.05, 4.69) is 5.32 Å². The monoisotopic (exact) mass is 281 g/mol. The van der Waals surface area contributed by atoms with E-state index in [1.165, 1.54) is 17.4 Å². The Morgan fingerprint density at radius 2 is 1.83 bits per heavy atom. The molecule has 92 valence electrons. The van der Waals surface area contributed by atoms with E-state index in [9.17, 15) is 9.59 Å². The van der Waals surface area contributed by atoms with Crippen LogP contribution in [0.15, 0.2) is 35.7 Å². The van der Waals surface area contributed by atoms with Gasteiger partial charge in [0.05, 0.1) is 5.56 Å². The maximum absolute atomic E-state index is 11.9. The van der Waals surface area contributed by atoms with E-state index in [0.717, 1.165) is 0 Å². The number of hydrogen-bond acceptors (Lipinski definition) is 3. The second kappa shape index (κ2) is 5.20. The average Bonchev–Trinajstić information content (AvgIpc) is 2.78. The molecule has 0 spiro atoms. The first-order valence-corrected chi connectivity index (χ1v) is 6.21. The second-order valence-corrected chi connectivity index (χ2v) is 4.78. The van der Waals surface area contributed by atoms with Crippen LogP contribution in [0.5, 0.6) is 0 Å². The number of anilines is 1. The number of carbonyl (C=O) groups excluding carboxylic acids is 1. The Morgan fingerprint density at radius 3 is 2.44 bits per heavy atom. The zero-order valence-electron chi connectivity index (χ0n) is 9.01. The zero-order valence-corrected chi connectivity index (χ0v) is 10.6. The number of aromatic carboxylic acids is 1. The lowest BCUT2D eigenvalue weighted by Gasteiger charge is -2.04. The predicted octanol–water partition coefficient (Wildman–Crippen LogP) is 3.35. The number of carboxylic acids is 1. The maximum atomic E-state index is 11.9. The number of thiophene rings is 1. The van der Waals surface area contributed by atoms with Gasteiger partial charge in [-0.25, -0.2) is 4.79 Å². The third-order valence-electron chi connectivity index (χ3n) is 2.23. The van der Waals surface area contributed by atoms with Gasteiger partial charge < -0.3 is 10.4 Å². The first-order valence-electron chi connectivity index (χ1n) is 4.95. The van der Waals surface area contributed by atoms with Crippen LogP contribution < -0.4 is 5.32 Å². The van der Waals surface area contributed by atoms with Gasteiger partial charge in [-0.1, -0.05) is 11.6 Å². The minimum atomic E-state index is -1.07. The van der Waals surface area contributed by atoms with Crippen molar-refractivity contribution in [2.75, 3.05) is 5.32 Å². The first kappa shape index (κ1) is 12.6. The molecule has 4 nitrogen and oxygen atoms in total. The highest BCUT2D eigenvalue weighted by Gasteiger charge is 2.14. The highest BCUT2D eigenvalue weighted by Crippen LogP contribution is 2.24. The van der Waals surface area contributed by atoms with Gasteiger partial charge in [-0.15, -0.1) is 11.3 Å². The van der Waals surface area contributed by atoms with Crippen molar-refractivity contribution in [3.8, 4) is 0 Å². The molecule has 6 heteroatoms. The van der Waals surface area contributed by atoms with Gasteiger partial charge in [0.2, 0.25) is 0 Å². The minimum absolute atomic E-state index is 0.0855. The first-order chi connectivity index (χ1) is 8.58. The van der Waals surface area contributed by atoms with Gasteiger partial charge in [-0.05, 0) is 35.7 Å². The summed E-state index contributed by atoms with van der Waals surface area (Å²) < 4.78 is 0. The summed E-state index contributed by atoms with van der Waals surface area (Å²) in [5, 5.41) is 13.9. The fourth-order valence-corrected chi connectivity index (χ4v) is 2.25. The van der Waals surface area contributed by atoms with Crippen molar-refractivity contribution in [1.82, 2.24) is 0 Å². The Labute approximate surface area is 112 Å². The van der Waals surface area contributed by atoms with Gasteiger partial charge in [-0.3, -0.25) is 4.79 Å². The largest absolute Gasteiger partial charge is 0.478 e. The predicted molar refractivity (Wildman–Crippen MR) is 70.7 cm³/mol. The molecule has 0 saturated heterocycles. The molecule has 0 aliphatic rings. The fourth-order valence-electron chi connectivity index (χ4n) is 1.35. The van der Waals surface area contributed by atoms with Crippen LogP contribution in [0.2, 0.25) is 5.02 Å². The number of nitrogens with one attached hydrogen (secondary N) is 1. The van der Waals surface area contributed by atoms with Crippen molar-refractivity contribution >= 4 is 39.8 Å². The summed E-state index contributed by atoms with van der Waals surface area (Å²) >= 11 is 6.88. The molecule has 1 amide bonds. The molecule has 0 fully saturated rings. The third-order valence-corrected chi connectivity index (χ3v) is 3.31. The second-order valence-electron chi connectivity index (χ2n) is 3.43. The smallest absolute Gasteiger partial charge is 0.338 e. The molecular formula is C12H8ClNO3S. The van der Waals surface area contributed by atoms with Crippen LogP contribution in [0.25, 0.3) is 0 Å². The quantitative estimate of drug-likeness (QED) is 0.906. The van der Waals surface area contributed by atoms with Crippen molar-refractivity contribution < 1.29 is 14.7 Å². The van der Waals surface area contributed by atoms with Gasteiger partial charge in [0.15, 0.2) is 0 Å². The van der Waals surface area contributed by atoms with E-state index in [1.54, 1.807) is 29.6 Å². The van der Waals surface area contributed by atoms with Gasteiger partial charge in [0.1, 0.15) is 5.00 Å². The lowest BCUT2D eigenvalue weighted by Crippen LogP contribution is -2.12. The number of halogens is 1. The Hall–Kier alpha value is -1.85. The van der Waals surface area contributed by atoms with Crippen molar-refractivity contribution in [3.63, 3.8) is 0 Å². The van der Waals surface area contributed by atoms with E-state index in [-0.39, 0.29) is 11.5 Å². The molecule has 18 heavy (non-hydrogen) atoms. The van der Waals surface area contributed by atoms with Crippen LogP contribution in [0.3, 0.4) is 0 Å². The fraction of sp³-hybridized carbons (Fsp3) is 0. The van der Waals surface area contributed by atoms with Crippen LogP contribution in [0.4, 0.5) is 5.00 Å². The number of carboxylic acid groups (broad SMARTS) is 1. The van der Waals surface area contributed by atoms with Crippen LogP contribution in [0, 0.1) is 0 Å². The highest BCUT2D eigenvalue weighted by molar-refractivity contribution is 7.14. The molecule has 1 heterocycles. The summed E-state index contributed by atoms with van der Waals surface area (Å²) in [6, 6.07) is 7.80. The van der Waals surface area contributed by atoms with Gasteiger partial charge >= 0.3 is 5.97 Å². The number of carbonyl (C=O) groups is 2. The van der Waals surface area contributed by atoms with Crippen LogP contribution in [0.1, 0.15) is 20.7 Å². The molecule has 0 saturated carbocycles. The Bertz CT molecular complexity index is 592. The summed E-state index contributed by atoms with van der Waals surface area (Å²) in [7, 11) is 0. The highest BCUT2D eigenvalue weighted by atomic mass is 35.5. The minimum Gasteiger partial charge on any atom is -0.478 e. The molecule has 2 rings (SSSR count). The number of benzene rings is 1. The van der Waals surface area contributed by atoms with Crippen molar-refractivity contribution in [3.05, 3.63) is 51.9 Å². The zero-order chi connectivity index (χ0) is 13.1. The molecule has 0 aliphatic heterocycles. The summed E-state index contributed by atoms with van der Waals surface area (Å²) in [6.45, 7) is 0. The maximum Gasteiger partial charge on any atom is 0.338 e. The summed E-state index contributed by atoms with van der Waals surface area (Å²) in [5.74, 6) is -1.43. The number of hydrogen-bond donors (Lipinski definition) is 2. The van der Waals surface area contributed by atoms with Gasteiger partial charge in [0, 0.05) is 10.6 Å². The molecule has 1 aromatic heterocycles. The SMILES string of the molecule is O=C(Nc1sccc1C(=O)O)c1ccc(Cl)cc1. The summed E-state index contributed by atoms with van der Waals surface area (Å²) in [5.41, 5.74) is 0.506. The third kappa shape index (κ3) is 2.69. The van der Waals surface area contributed by atoms with E-state index in [1.807, 2.05) is 0 Å². The molecule has 0 aliphatic carbocycles. The van der Waals surface area contributed by atoms with Crippen LogP contribution in [-0.2, 0) is 0 Å². The molecule has 0 bridgehead atoms. The molecule has 0 unspecified atom stereocenters. The lowest BCUT2D eigenvalue weighted by atomic mass is 10.2. The van der Waals surface area contributed by atoms with E-state index in [4.69, 9.17) is 16.7 Å². The molecule has 2 aromatic rings. The summed E-state index contributed by atoms with van der Waals surface area (Å²) in [6.07, 6.45) is 0. The van der Waals surface area contributed by atoms with Crippen LogP contribution in [-0.4, -0.2) is 17.0 Å². The number of amides is 1. The van der Waals surface area contributed by atoms with Crippen LogP contribution >= 0.6 is 22.9 Å². The number of rotatable bonds is 3. The van der Waals surface area contributed by atoms with E-state index >= 15 is 0 Å². The standard InChI is InChI=1S/C12H8ClNO3S/c13-8-3-1-7(2-4-8)10(15)14-11-9(12(16)17)5-6-18-11/h1-6H,(H,14,15)(H,16,17). The Kier molecular flexibility index (Phi) is 3.64. The van der Waals surface area contributed by atoms with Gasteiger partial charge in [-0.2, -0.15) is 0 Å². The molecular weight excluding hydrogens is 274 g/mol. The van der Waals surface area contributed by atoms with Crippen molar-refractivity contribution in [1.29, 1.82) is 0 Å². The topological polar surface area (TPSA) is 66.4 Å². The molecule has 2 N–H and O–H groups in total. The Morgan fingerprint density at radius 1 is 1.17 bits per heavy atom. The van der Waals surface area contributed by atoms with Crippen molar-refractivity contribution in [2.45, 2.75) is 0 Å². The lowest BCUT2D eigenvalue weighted by molar-refractivity contribution is 0.0698. The van der Waals surface area contributed by atoms with Gasteiger partial charge in [0.25, 0.3) is 5.91 Å². The Balaban J connectivity index is 2.19. The molecule has 0 radical (unpaired) electrons.